The molecule has 130 valence electrons. The number of nitrogens with zero attached hydrogens (tertiary/aromatic N) is 4. The number of hydrogen-bond donors (Lipinski definition) is 2. The van der Waals surface area contributed by atoms with Crippen LogP contribution in [0.3, 0.4) is 0 Å². The van der Waals surface area contributed by atoms with Crippen LogP contribution in [0.4, 0.5) is 10.9 Å². The highest BCUT2D eigenvalue weighted by atomic mass is 32.2. The summed E-state index contributed by atoms with van der Waals surface area (Å²) in [6.07, 6.45) is 2.47. The Morgan fingerprint density at radius 2 is 2.42 bits per heavy atom. The summed E-state index contributed by atoms with van der Waals surface area (Å²) >= 11 is 2.82. The van der Waals surface area contributed by atoms with Crippen molar-refractivity contribution in [2.24, 2.45) is 7.05 Å². The Kier molecular flexibility index (Phi) is 5.69. The van der Waals surface area contributed by atoms with Gasteiger partial charge in [0.25, 0.3) is 0 Å². The average molecular weight is 368 g/mol. The summed E-state index contributed by atoms with van der Waals surface area (Å²) in [5.41, 5.74) is 0.867. The molecule has 1 aliphatic heterocycles. The van der Waals surface area contributed by atoms with E-state index in [1.165, 1.54) is 23.1 Å². The molecule has 3 rings (SSSR count). The highest BCUT2D eigenvalue weighted by Crippen LogP contribution is 2.26. The van der Waals surface area contributed by atoms with E-state index in [1.54, 1.807) is 11.7 Å². The van der Waals surface area contributed by atoms with Crippen molar-refractivity contribution in [2.45, 2.75) is 30.2 Å². The van der Waals surface area contributed by atoms with Crippen molar-refractivity contribution in [1.29, 1.82) is 0 Å². The summed E-state index contributed by atoms with van der Waals surface area (Å²) in [6.45, 7) is 3.48. The van der Waals surface area contributed by atoms with Gasteiger partial charge in [0, 0.05) is 26.3 Å². The number of carbonyl (C=O) groups is 1. The number of nitrogens with one attached hydrogen (secondary N) is 2. The summed E-state index contributed by atoms with van der Waals surface area (Å²) in [7, 11) is 1.80. The minimum absolute atomic E-state index is 0.0907. The Balaban J connectivity index is 1.42. The maximum atomic E-state index is 12.0. The standard InChI is InChI=1S/C14H20N6O2S2/c1-9-6-11(20(2)19-9)16-12(21)8-23-14-18-17-13(24-14)15-7-10-4-3-5-22-10/h6,10H,3-5,7-8H2,1-2H3,(H,15,17)(H,16,21). The van der Waals surface area contributed by atoms with Gasteiger partial charge in [0.2, 0.25) is 11.0 Å². The van der Waals surface area contributed by atoms with E-state index < -0.39 is 0 Å². The van der Waals surface area contributed by atoms with Gasteiger partial charge in [0.1, 0.15) is 5.82 Å². The normalized spacial score (nSPS) is 17.2. The van der Waals surface area contributed by atoms with Gasteiger partial charge in [-0.3, -0.25) is 9.48 Å². The fourth-order valence-electron chi connectivity index (χ4n) is 2.38. The number of hydrogen-bond acceptors (Lipinski definition) is 8. The summed E-state index contributed by atoms with van der Waals surface area (Å²) in [5, 5.41) is 19.2. The first kappa shape index (κ1) is 17.2. The van der Waals surface area contributed by atoms with E-state index in [9.17, 15) is 4.79 Å². The van der Waals surface area contributed by atoms with E-state index in [0.717, 1.165) is 41.2 Å². The predicted molar refractivity (Wildman–Crippen MR) is 94.7 cm³/mol. The molecule has 2 aromatic rings. The molecule has 0 saturated carbocycles. The molecule has 1 unspecified atom stereocenters. The highest BCUT2D eigenvalue weighted by molar-refractivity contribution is 8.01. The number of anilines is 2. The molecule has 1 atom stereocenters. The summed E-state index contributed by atoms with van der Waals surface area (Å²) in [4.78, 5) is 12.0. The quantitative estimate of drug-likeness (QED) is 0.721. The first-order valence-corrected chi connectivity index (χ1v) is 9.52. The molecule has 0 bridgehead atoms. The van der Waals surface area contributed by atoms with Gasteiger partial charge in [-0.15, -0.1) is 10.2 Å². The first-order chi connectivity index (χ1) is 11.6. The van der Waals surface area contributed by atoms with E-state index in [-0.39, 0.29) is 17.8 Å². The van der Waals surface area contributed by atoms with Crippen molar-refractivity contribution >= 4 is 40.0 Å². The van der Waals surface area contributed by atoms with Crippen LogP contribution in [0.25, 0.3) is 0 Å². The molecule has 8 nitrogen and oxygen atoms in total. The highest BCUT2D eigenvalue weighted by Gasteiger charge is 2.16. The topological polar surface area (TPSA) is 94.0 Å². The molecule has 1 saturated heterocycles. The zero-order chi connectivity index (χ0) is 16.9. The van der Waals surface area contributed by atoms with Crippen molar-refractivity contribution in [2.75, 3.05) is 29.5 Å². The minimum Gasteiger partial charge on any atom is -0.376 e. The van der Waals surface area contributed by atoms with Crippen LogP contribution < -0.4 is 10.6 Å². The Bertz CT molecular complexity index is 695. The molecule has 3 heterocycles. The second kappa shape index (κ2) is 7.95. The van der Waals surface area contributed by atoms with Crippen molar-refractivity contribution < 1.29 is 9.53 Å². The molecule has 0 spiro atoms. The van der Waals surface area contributed by atoms with Crippen molar-refractivity contribution in [3.63, 3.8) is 0 Å². The van der Waals surface area contributed by atoms with Crippen LogP contribution in [0.1, 0.15) is 18.5 Å². The lowest BCUT2D eigenvalue weighted by molar-refractivity contribution is -0.113. The number of ether oxygens (including phenoxy) is 1. The van der Waals surface area contributed by atoms with Crippen LogP contribution >= 0.6 is 23.1 Å². The zero-order valence-corrected chi connectivity index (χ0v) is 15.2. The lowest BCUT2D eigenvalue weighted by atomic mass is 10.2. The second-order valence-electron chi connectivity index (χ2n) is 5.52. The van der Waals surface area contributed by atoms with Gasteiger partial charge in [0.15, 0.2) is 4.34 Å². The van der Waals surface area contributed by atoms with E-state index in [2.05, 4.69) is 25.9 Å². The van der Waals surface area contributed by atoms with E-state index in [0.29, 0.717) is 5.82 Å². The van der Waals surface area contributed by atoms with Crippen molar-refractivity contribution in [1.82, 2.24) is 20.0 Å². The largest absolute Gasteiger partial charge is 0.376 e. The van der Waals surface area contributed by atoms with Gasteiger partial charge in [-0.1, -0.05) is 23.1 Å². The fourth-order valence-corrected chi connectivity index (χ4v) is 3.94. The third-order valence-corrected chi connectivity index (χ3v) is 5.52. The van der Waals surface area contributed by atoms with Gasteiger partial charge < -0.3 is 15.4 Å². The van der Waals surface area contributed by atoms with Crippen LogP contribution in [0, 0.1) is 6.92 Å². The van der Waals surface area contributed by atoms with Crippen LogP contribution in [-0.4, -0.2) is 50.9 Å². The molecule has 1 amide bonds. The fraction of sp³-hybridized carbons (Fsp3) is 0.571. The van der Waals surface area contributed by atoms with Crippen LogP contribution in [-0.2, 0) is 16.6 Å². The van der Waals surface area contributed by atoms with Gasteiger partial charge in [-0.05, 0) is 19.8 Å². The Hall–Kier alpha value is -1.65. The maximum absolute atomic E-state index is 12.0. The molecule has 1 fully saturated rings. The predicted octanol–water partition coefficient (Wildman–Crippen LogP) is 1.90. The number of amides is 1. The Morgan fingerprint density at radius 3 is 3.12 bits per heavy atom. The number of carbonyl (C=O) groups excluding carboxylic acids is 1. The minimum atomic E-state index is -0.0907. The molecule has 2 aromatic heterocycles. The van der Waals surface area contributed by atoms with E-state index in [1.807, 2.05) is 13.0 Å². The zero-order valence-electron chi connectivity index (χ0n) is 13.6. The lowest BCUT2D eigenvalue weighted by Crippen LogP contribution is -2.18. The number of rotatable bonds is 7. The molecule has 24 heavy (non-hydrogen) atoms. The monoisotopic (exact) mass is 368 g/mol. The van der Waals surface area contributed by atoms with Gasteiger partial charge in [-0.2, -0.15) is 5.10 Å². The third kappa shape index (κ3) is 4.68. The summed E-state index contributed by atoms with van der Waals surface area (Å²) in [6, 6.07) is 1.83. The van der Waals surface area contributed by atoms with Gasteiger partial charge in [-0.25, -0.2) is 0 Å². The SMILES string of the molecule is Cc1cc(NC(=O)CSc2nnc(NCC3CCCO3)s2)n(C)n1. The second-order valence-corrected chi connectivity index (χ2v) is 7.72. The van der Waals surface area contributed by atoms with Crippen LogP contribution in [0.2, 0.25) is 0 Å². The lowest BCUT2D eigenvalue weighted by Gasteiger charge is -2.08. The number of thioether (sulfide) groups is 1. The van der Waals surface area contributed by atoms with Crippen molar-refractivity contribution in [3.05, 3.63) is 11.8 Å². The number of aromatic nitrogens is 4. The van der Waals surface area contributed by atoms with Crippen LogP contribution in [0.15, 0.2) is 10.4 Å². The summed E-state index contributed by atoms with van der Waals surface area (Å²) in [5.74, 6) is 0.881. The first-order valence-electron chi connectivity index (χ1n) is 7.72. The molecule has 0 aromatic carbocycles. The van der Waals surface area contributed by atoms with E-state index >= 15 is 0 Å². The van der Waals surface area contributed by atoms with Gasteiger partial charge >= 0.3 is 0 Å². The third-order valence-electron chi connectivity index (χ3n) is 3.51. The molecular formula is C14H20N6O2S2. The Morgan fingerprint density at radius 1 is 1.54 bits per heavy atom. The van der Waals surface area contributed by atoms with Crippen LogP contribution in [0.5, 0.6) is 0 Å². The smallest absolute Gasteiger partial charge is 0.235 e. The molecule has 0 aliphatic carbocycles. The molecule has 0 radical (unpaired) electrons. The number of aryl methyl sites for hydroxylation is 2. The average Bonchev–Trinajstić information content (AvgIpc) is 3.26. The maximum Gasteiger partial charge on any atom is 0.235 e. The molecular weight excluding hydrogens is 348 g/mol. The Labute approximate surface area is 148 Å². The molecule has 1 aliphatic rings. The molecule has 2 N–H and O–H groups in total. The molecule has 10 heteroatoms. The van der Waals surface area contributed by atoms with Gasteiger partial charge in [0.05, 0.1) is 17.6 Å². The summed E-state index contributed by atoms with van der Waals surface area (Å²) < 4.78 is 7.97. The van der Waals surface area contributed by atoms with E-state index in [4.69, 9.17) is 4.74 Å². The van der Waals surface area contributed by atoms with Crippen molar-refractivity contribution in [3.8, 4) is 0 Å².